The Kier molecular flexibility index (Phi) is 6.66. The van der Waals surface area contributed by atoms with Crippen LogP contribution >= 0.6 is 0 Å². The Morgan fingerprint density at radius 3 is 2.47 bits per heavy atom. The van der Waals surface area contributed by atoms with Crippen LogP contribution < -0.4 is 20.1 Å². The number of carbonyl (C=O) groups is 1. The van der Waals surface area contributed by atoms with Crippen LogP contribution in [0.15, 0.2) is 84.9 Å². The van der Waals surface area contributed by atoms with Gasteiger partial charge in [-0.2, -0.15) is 4.98 Å². The van der Waals surface area contributed by atoms with Crippen LogP contribution in [0.5, 0.6) is 11.5 Å². The van der Waals surface area contributed by atoms with Crippen molar-refractivity contribution in [1.29, 1.82) is 0 Å². The number of para-hydroxylation sites is 1. The molecule has 0 radical (unpaired) electrons. The zero-order valence-corrected chi connectivity index (χ0v) is 20.1. The number of nitrogens with zero attached hydrogens (tertiary/aromatic N) is 3. The molecular weight excluding hydrogens is 454 g/mol. The van der Waals surface area contributed by atoms with Gasteiger partial charge in [0, 0.05) is 11.6 Å². The highest BCUT2D eigenvalue weighted by molar-refractivity contribution is 6.01. The molecule has 0 saturated carbocycles. The van der Waals surface area contributed by atoms with Gasteiger partial charge >= 0.3 is 0 Å². The maximum absolute atomic E-state index is 12.6. The van der Waals surface area contributed by atoms with Crippen LogP contribution in [0.3, 0.4) is 0 Å². The number of amides is 1. The van der Waals surface area contributed by atoms with Gasteiger partial charge < -0.3 is 14.8 Å². The van der Waals surface area contributed by atoms with Crippen molar-refractivity contribution in [3.63, 3.8) is 0 Å². The molecule has 1 amide bonds. The van der Waals surface area contributed by atoms with Gasteiger partial charge in [-0.3, -0.25) is 10.1 Å². The SMILES string of the molecule is COc1ccc([C@@H]2C[C@@H](c3ccccc3)n3nc(NC(=O)/C=C/c4ccccc4OC)nc3N2)cc1. The molecule has 8 heteroatoms. The first-order valence-corrected chi connectivity index (χ1v) is 11.7. The summed E-state index contributed by atoms with van der Waals surface area (Å²) in [6.45, 7) is 0. The first-order valence-electron chi connectivity index (χ1n) is 11.7. The van der Waals surface area contributed by atoms with Crippen molar-refractivity contribution >= 4 is 23.9 Å². The summed E-state index contributed by atoms with van der Waals surface area (Å²) in [5.41, 5.74) is 3.05. The fourth-order valence-corrected chi connectivity index (χ4v) is 4.36. The maximum Gasteiger partial charge on any atom is 0.250 e. The minimum absolute atomic E-state index is 0.0202. The Bertz CT molecular complexity index is 1370. The smallest absolute Gasteiger partial charge is 0.250 e. The van der Waals surface area contributed by atoms with E-state index in [9.17, 15) is 4.79 Å². The third-order valence-electron chi connectivity index (χ3n) is 6.18. The fourth-order valence-electron chi connectivity index (χ4n) is 4.36. The molecule has 0 bridgehead atoms. The minimum atomic E-state index is -0.327. The van der Waals surface area contributed by atoms with Gasteiger partial charge in [-0.25, -0.2) is 4.68 Å². The first-order chi connectivity index (χ1) is 17.6. The van der Waals surface area contributed by atoms with E-state index in [1.165, 1.54) is 6.08 Å². The van der Waals surface area contributed by atoms with Gasteiger partial charge in [-0.05, 0) is 41.8 Å². The van der Waals surface area contributed by atoms with Gasteiger partial charge in [0.1, 0.15) is 11.5 Å². The summed E-state index contributed by atoms with van der Waals surface area (Å²) < 4.78 is 12.5. The lowest BCUT2D eigenvalue weighted by Crippen LogP contribution is -2.28. The van der Waals surface area contributed by atoms with Gasteiger partial charge in [0.15, 0.2) is 0 Å². The molecule has 2 atom stereocenters. The van der Waals surface area contributed by atoms with Gasteiger partial charge in [-0.15, -0.1) is 5.10 Å². The Morgan fingerprint density at radius 1 is 0.972 bits per heavy atom. The molecule has 2 N–H and O–H groups in total. The second kappa shape index (κ2) is 10.4. The number of ether oxygens (including phenoxy) is 2. The summed E-state index contributed by atoms with van der Waals surface area (Å²) in [6.07, 6.45) is 3.92. The summed E-state index contributed by atoms with van der Waals surface area (Å²) >= 11 is 0. The molecule has 0 fully saturated rings. The Labute approximate surface area is 209 Å². The van der Waals surface area contributed by atoms with Crippen molar-refractivity contribution in [2.75, 3.05) is 24.9 Å². The predicted octanol–water partition coefficient (Wildman–Crippen LogP) is 5.09. The van der Waals surface area contributed by atoms with Crippen LogP contribution in [0.1, 0.15) is 35.2 Å². The number of fused-ring (bicyclic) bond motifs is 1. The van der Waals surface area contributed by atoms with Crippen LogP contribution in [0.25, 0.3) is 6.08 Å². The highest BCUT2D eigenvalue weighted by Crippen LogP contribution is 2.38. The van der Waals surface area contributed by atoms with E-state index in [0.29, 0.717) is 11.7 Å². The maximum atomic E-state index is 12.6. The van der Waals surface area contributed by atoms with E-state index in [1.54, 1.807) is 20.3 Å². The molecule has 4 aromatic rings. The largest absolute Gasteiger partial charge is 0.497 e. The van der Waals surface area contributed by atoms with E-state index < -0.39 is 0 Å². The molecule has 0 spiro atoms. The number of anilines is 2. The third kappa shape index (κ3) is 4.93. The molecular formula is C28H27N5O3. The molecule has 0 unspecified atom stereocenters. The Morgan fingerprint density at radius 2 is 1.72 bits per heavy atom. The lowest BCUT2D eigenvalue weighted by atomic mass is 9.93. The lowest BCUT2D eigenvalue weighted by Gasteiger charge is -2.31. The highest BCUT2D eigenvalue weighted by Gasteiger charge is 2.31. The van der Waals surface area contributed by atoms with E-state index in [2.05, 4.69) is 45.0 Å². The van der Waals surface area contributed by atoms with Crippen molar-refractivity contribution < 1.29 is 14.3 Å². The summed E-state index contributed by atoms with van der Waals surface area (Å²) in [6, 6.07) is 25.7. The molecule has 1 aliphatic rings. The number of carbonyl (C=O) groups excluding carboxylic acids is 1. The molecule has 3 aromatic carbocycles. The predicted molar refractivity (Wildman–Crippen MR) is 139 cm³/mol. The highest BCUT2D eigenvalue weighted by atomic mass is 16.5. The van der Waals surface area contributed by atoms with Crippen LogP contribution in [0.4, 0.5) is 11.9 Å². The minimum Gasteiger partial charge on any atom is -0.497 e. The average Bonchev–Trinajstić information content (AvgIpc) is 3.34. The van der Waals surface area contributed by atoms with E-state index in [4.69, 9.17) is 9.47 Å². The zero-order chi connectivity index (χ0) is 24.9. The van der Waals surface area contributed by atoms with E-state index in [0.717, 1.165) is 28.9 Å². The first kappa shape index (κ1) is 23.2. The molecule has 0 saturated heterocycles. The number of methoxy groups -OCH3 is 2. The van der Waals surface area contributed by atoms with Crippen LogP contribution in [-0.4, -0.2) is 34.9 Å². The van der Waals surface area contributed by atoms with E-state index >= 15 is 0 Å². The van der Waals surface area contributed by atoms with Crippen molar-refractivity contribution in [3.05, 3.63) is 102 Å². The lowest BCUT2D eigenvalue weighted by molar-refractivity contribution is -0.111. The number of nitrogens with one attached hydrogen (secondary N) is 2. The average molecular weight is 482 g/mol. The van der Waals surface area contributed by atoms with E-state index in [1.807, 2.05) is 59.3 Å². The molecule has 8 nitrogen and oxygen atoms in total. The number of aromatic nitrogens is 3. The monoisotopic (exact) mass is 481 g/mol. The molecule has 1 aromatic heterocycles. The standard InChI is InChI=1S/C28H27N5O3/c1-35-22-15-12-19(13-16-22)23-18-24(20-8-4-3-5-9-20)33-28(29-23)31-27(32-33)30-26(34)17-14-21-10-6-7-11-25(21)36-2/h3-17,23-24H,18H2,1-2H3,(H2,29,30,31,32,34)/b17-14+/t23-,24-/m0/s1. The van der Waals surface area contributed by atoms with Crippen molar-refractivity contribution in [2.45, 2.75) is 18.5 Å². The second-order valence-electron chi connectivity index (χ2n) is 8.40. The topological polar surface area (TPSA) is 90.3 Å². The summed E-state index contributed by atoms with van der Waals surface area (Å²) in [4.78, 5) is 17.2. The molecule has 1 aliphatic heterocycles. The molecule has 36 heavy (non-hydrogen) atoms. The quantitative estimate of drug-likeness (QED) is 0.357. The summed E-state index contributed by atoms with van der Waals surface area (Å²) in [7, 11) is 3.25. The van der Waals surface area contributed by atoms with Crippen LogP contribution in [-0.2, 0) is 4.79 Å². The van der Waals surface area contributed by atoms with Crippen LogP contribution in [0, 0.1) is 0 Å². The Hall–Kier alpha value is -4.59. The van der Waals surface area contributed by atoms with Gasteiger partial charge in [0.25, 0.3) is 11.9 Å². The van der Waals surface area contributed by atoms with Crippen LogP contribution in [0.2, 0.25) is 0 Å². The van der Waals surface area contributed by atoms with Crippen molar-refractivity contribution in [2.24, 2.45) is 0 Å². The van der Waals surface area contributed by atoms with Crippen molar-refractivity contribution in [1.82, 2.24) is 14.8 Å². The van der Waals surface area contributed by atoms with Crippen molar-refractivity contribution in [3.8, 4) is 11.5 Å². The third-order valence-corrected chi connectivity index (χ3v) is 6.18. The number of hydrogen-bond acceptors (Lipinski definition) is 6. The Balaban J connectivity index is 1.39. The second-order valence-corrected chi connectivity index (χ2v) is 8.40. The normalized spacial score (nSPS) is 16.7. The summed E-state index contributed by atoms with van der Waals surface area (Å²) in [5, 5.41) is 10.9. The van der Waals surface area contributed by atoms with Gasteiger partial charge in [0.2, 0.25) is 5.95 Å². The molecule has 0 aliphatic carbocycles. The van der Waals surface area contributed by atoms with Gasteiger partial charge in [-0.1, -0.05) is 60.7 Å². The number of benzene rings is 3. The molecule has 5 rings (SSSR count). The number of rotatable bonds is 7. The summed E-state index contributed by atoms with van der Waals surface area (Å²) in [5.74, 6) is 2.01. The molecule has 2 heterocycles. The number of hydrogen-bond donors (Lipinski definition) is 2. The zero-order valence-electron chi connectivity index (χ0n) is 20.1. The van der Waals surface area contributed by atoms with E-state index in [-0.39, 0.29) is 23.9 Å². The van der Waals surface area contributed by atoms with Gasteiger partial charge in [0.05, 0.1) is 26.3 Å². The molecule has 182 valence electrons. The fraction of sp³-hybridized carbons (Fsp3) is 0.179.